The van der Waals surface area contributed by atoms with Crippen LogP contribution in [0.1, 0.15) is 12.8 Å². The monoisotopic (exact) mass is 191 g/mol. The maximum atomic E-state index is 9.07. The number of hydrogen-bond acceptors (Lipinski definition) is 4. The first-order valence-corrected chi connectivity index (χ1v) is 5.58. The molecule has 1 unspecified atom stereocenters. The number of thioether (sulfide) groups is 1. The first-order valence-electron chi connectivity index (χ1n) is 4.43. The van der Waals surface area contributed by atoms with Gasteiger partial charge in [0.15, 0.2) is 0 Å². The van der Waals surface area contributed by atoms with Crippen LogP contribution in [0.4, 0.5) is 0 Å². The summed E-state index contributed by atoms with van der Waals surface area (Å²) in [4.78, 5) is 0. The quantitative estimate of drug-likeness (QED) is 0.577. The summed E-state index contributed by atoms with van der Waals surface area (Å²) in [5.41, 5.74) is 0. The third-order valence-corrected chi connectivity index (χ3v) is 3.23. The van der Waals surface area contributed by atoms with Crippen molar-refractivity contribution in [2.24, 2.45) is 0 Å². The highest BCUT2D eigenvalue weighted by Gasteiger charge is 2.13. The average molecular weight is 191 g/mol. The molecule has 0 aliphatic carbocycles. The Morgan fingerprint density at radius 3 is 3.00 bits per heavy atom. The zero-order valence-corrected chi connectivity index (χ0v) is 8.02. The van der Waals surface area contributed by atoms with Crippen molar-refractivity contribution in [3.63, 3.8) is 0 Å². The van der Waals surface area contributed by atoms with Crippen LogP contribution in [-0.4, -0.2) is 47.0 Å². The molecule has 1 aliphatic heterocycles. The van der Waals surface area contributed by atoms with E-state index in [1.807, 2.05) is 11.8 Å². The molecule has 1 heterocycles. The van der Waals surface area contributed by atoms with E-state index in [4.69, 9.17) is 10.2 Å². The van der Waals surface area contributed by atoms with E-state index in [0.29, 0.717) is 12.6 Å². The molecular formula is C8H17NO2S. The molecular weight excluding hydrogens is 174 g/mol. The van der Waals surface area contributed by atoms with Gasteiger partial charge in [-0.3, -0.25) is 0 Å². The van der Waals surface area contributed by atoms with E-state index in [-0.39, 0.29) is 6.61 Å². The number of aliphatic hydroxyl groups excluding tert-OH is 2. The summed E-state index contributed by atoms with van der Waals surface area (Å²) in [5.74, 6) is 2.40. The second-order valence-electron chi connectivity index (χ2n) is 3.16. The molecule has 0 aromatic carbocycles. The van der Waals surface area contributed by atoms with E-state index < -0.39 is 6.10 Å². The van der Waals surface area contributed by atoms with Gasteiger partial charge in [-0.25, -0.2) is 0 Å². The van der Waals surface area contributed by atoms with Gasteiger partial charge in [-0.1, -0.05) is 0 Å². The second-order valence-corrected chi connectivity index (χ2v) is 4.31. The SMILES string of the molecule is OC[C@@H](O)CNC1CCCSC1. The lowest BCUT2D eigenvalue weighted by Gasteiger charge is -2.23. The Balaban J connectivity index is 2.05. The van der Waals surface area contributed by atoms with Gasteiger partial charge in [-0.15, -0.1) is 0 Å². The maximum absolute atomic E-state index is 9.07. The van der Waals surface area contributed by atoms with E-state index in [2.05, 4.69) is 5.32 Å². The number of aliphatic hydroxyl groups is 2. The van der Waals surface area contributed by atoms with Crippen molar-refractivity contribution in [2.75, 3.05) is 24.7 Å². The van der Waals surface area contributed by atoms with Crippen molar-refractivity contribution in [1.82, 2.24) is 5.32 Å². The molecule has 72 valence electrons. The molecule has 0 saturated carbocycles. The normalized spacial score (nSPS) is 27.0. The molecule has 3 nitrogen and oxygen atoms in total. The highest BCUT2D eigenvalue weighted by atomic mass is 32.2. The summed E-state index contributed by atoms with van der Waals surface area (Å²) in [6.07, 6.45) is 1.86. The third-order valence-electron chi connectivity index (χ3n) is 2.01. The molecule has 12 heavy (non-hydrogen) atoms. The first kappa shape index (κ1) is 10.3. The molecule has 4 heteroatoms. The Labute approximate surface area is 77.5 Å². The fourth-order valence-corrected chi connectivity index (χ4v) is 2.38. The molecule has 1 saturated heterocycles. The Hall–Kier alpha value is 0.230. The minimum absolute atomic E-state index is 0.146. The van der Waals surface area contributed by atoms with Crippen LogP contribution >= 0.6 is 11.8 Å². The van der Waals surface area contributed by atoms with Crippen LogP contribution in [0.25, 0.3) is 0 Å². The Morgan fingerprint density at radius 2 is 2.42 bits per heavy atom. The van der Waals surface area contributed by atoms with Gasteiger partial charge in [0.1, 0.15) is 0 Å². The fourth-order valence-electron chi connectivity index (χ4n) is 1.27. The molecule has 0 amide bonds. The van der Waals surface area contributed by atoms with Gasteiger partial charge in [-0.2, -0.15) is 11.8 Å². The van der Waals surface area contributed by atoms with Crippen LogP contribution in [0.2, 0.25) is 0 Å². The van der Waals surface area contributed by atoms with Crippen molar-refractivity contribution < 1.29 is 10.2 Å². The van der Waals surface area contributed by atoms with Gasteiger partial charge in [0.05, 0.1) is 12.7 Å². The van der Waals surface area contributed by atoms with Crippen LogP contribution in [0, 0.1) is 0 Å². The van der Waals surface area contributed by atoms with Crippen LogP contribution in [-0.2, 0) is 0 Å². The molecule has 0 aromatic rings. The topological polar surface area (TPSA) is 52.5 Å². The van der Waals surface area contributed by atoms with Crippen molar-refractivity contribution in [1.29, 1.82) is 0 Å². The van der Waals surface area contributed by atoms with Gasteiger partial charge < -0.3 is 15.5 Å². The minimum atomic E-state index is -0.600. The highest BCUT2D eigenvalue weighted by Crippen LogP contribution is 2.16. The predicted octanol–water partition coefficient (Wildman–Crippen LogP) is -0.175. The average Bonchev–Trinajstić information content (AvgIpc) is 2.16. The number of rotatable bonds is 4. The molecule has 0 bridgehead atoms. The summed E-state index contributed by atoms with van der Waals surface area (Å²) in [7, 11) is 0. The lowest BCUT2D eigenvalue weighted by atomic mass is 10.2. The standard InChI is InChI=1S/C8H17NO2S/c10-5-8(11)4-9-7-2-1-3-12-6-7/h7-11H,1-6H2/t7?,8-/m0/s1. The van der Waals surface area contributed by atoms with E-state index in [9.17, 15) is 0 Å². The highest BCUT2D eigenvalue weighted by molar-refractivity contribution is 7.99. The molecule has 1 aliphatic rings. The van der Waals surface area contributed by atoms with Gasteiger partial charge in [0.25, 0.3) is 0 Å². The van der Waals surface area contributed by atoms with E-state index >= 15 is 0 Å². The van der Waals surface area contributed by atoms with Crippen molar-refractivity contribution in [3.8, 4) is 0 Å². The largest absolute Gasteiger partial charge is 0.394 e. The lowest BCUT2D eigenvalue weighted by molar-refractivity contribution is 0.0921. The van der Waals surface area contributed by atoms with E-state index in [0.717, 1.165) is 5.75 Å². The zero-order chi connectivity index (χ0) is 8.81. The first-order chi connectivity index (χ1) is 5.83. The smallest absolute Gasteiger partial charge is 0.0895 e. The molecule has 1 rings (SSSR count). The van der Waals surface area contributed by atoms with E-state index in [1.165, 1.54) is 18.6 Å². The van der Waals surface area contributed by atoms with Gasteiger partial charge in [-0.05, 0) is 18.6 Å². The summed E-state index contributed by atoms with van der Waals surface area (Å²) < 4.78 is 0. The van der Waals surface area contributed by atoms with Crippen LogP contribution in [0.3, 0.4) is 0 Å². The molecule has 1 fully saturated rings. The predicted molar refractivity (Wildman–Crippen MR) is 51.4 cm³/mol. The Bertz CT molecular complexity index is 118. The maximum Gasteiger partial charge on any atom is 0.0895 e. The Kier molecular flexibility index (Phi) is 4.99. The number of nitrogens with one attached hydrogen (secondary N) is 1. The lowest BCUT2D eigenvalue weighted by Crippen LogP contribution is -2.39. The minimum Gasteiger partial charge on any atom is -0.394 e. The van der Waals surface area contributed by atoms with Crippen LogP contribution in [0.15, 0.2) is 0 Å². The summed E-state index contributed by atoms with van der Waals surface area (Å²) in [6, 6.07) is 0.532. The molecule has 0 radical (unpaired) electrons. The van der Waals surface area contributed by atoms with Crippen molar-refractivity contribution in [3.05, 3.63) is 0 Å². The number of hydrogen-bond donors (Lipinski definition) is 3. The van der Waals surface area contributed by atoms with E-state index in [1.54, 1.807) is 0 Å². The van der Waals surface area contributed by atoms with Crippen molar-refractivity contribution >= 4 is 11.8 Å². The molecule has 0 spiro atoms. The third kappa shape index (κ3) is 3.76. The fraction of sp³-hybridized carbons (Fsp3) is 1.00. The zero-order valence-electron chi connectivity index (χ0n) is 7.20. The van der Waals surface area contributed by atoms with Gasteiger partial charge in [0, 0.05) is 18.3 Å². The molecule has 2 atom stereocenters. The summed E-state index contributed by atoms with van der Waals surface area (Å²) >= 11 is 1.96. The summed E-state index contributed by atoms with van der Waals surface area (Å²) in [5, 5.41) is 20.9. The van der Waals surface area contributed by atoms with Crippen LogP contribution < -0.4 is 5.32 Å². The molecule has 3 N–H and O–H groups in total. The van der Waals surface area contributed by atoms with Gasteiger partial charge >= 0.3 is 0 Å². The van der Waals surface area contributed by atoms with Gasteiger partial charge in [0.2, 0.25) is 0 Å². The van der Waals surface area contributed by atoms with Crippen molar-refractivity contribution in [2.45, 2.75) is 25.0 Å². The Morgan fingerprint density at radius 1 is 1.58 bits per heavy atom. The summed E-state index contributed by atoms with van der Waals surface area (Å²) in [6.45, 7) is 0.370. The van der Waals surface area contributed by atoms with Crippen LogP contribution in [0.5, 0.6) is 0 Å². The second kappa shape index (κ2) is 5.80. The molecule has 0 aromatic heterocycles.